The number of urea groups is 1. The molecule has 1 aliphatic carbocycles. The lowest BCUT2D eigenvalue weighted by atomic mass is 9.73. The van der Waals surface area contributed by atoms with E-state index in [4.69, 9.17) is 9.26 Å². The van der Waals surface area contributed by atoms with Gasteiger partial charge in [-0.05, 0) is 31.2 Å². The number of nitrogens with one attached hydrogen (secondary N) is 1. The quantitative estimate of drug-likeness (QED) is 0.593. The Morgan fingerprint density at radius 1 is 1.33 bits per heavy atom. The molecule has 1 aromatic carbocycles. The molecule has 1 aromatic heterocycles. The molecule has 1 aliphatic heterocycles. The molecule has 4 rings (SSSR count). The number of benzene rings is 1. The molecule has 3 amide bonds. The third-order valence-electron chi connectivity index (χ3n) is 6.00. The van der Waals surface area contributed by atoms with Gasteiger partial charge in [-0.25, -0.2) is 4.79 Å². The summed E-state index contributed by atoms with van der Waals surface area (Å²) in [4.78, 5) is 42.7. The van der Waals surface area contributed by atoms with Gasteiger partial charge in [0.1, 0.15) is 12.1 Å². The first-order valence-electron chi connectivity index (χ1n) is 10.1. The van der Waals surface area contributed by atoms with Crippen molar-refractivity contribution >= 4 is 17.9 Å². The molecule has 2 fully saturated rings. The van der Waals surface area contributed by atoms with E-state index in [1.807, 2.05) is 38.1 Å². The molecule has 2 heterocycles. The first-order chi connectivity index (χ1) is 14.4. The summed E-state index contributed by atoms with van der Waals surface area (Å²) in [6.07, 6.45) is 3.36. The second-order valence-corrected chi connectivity index (χ2v) is 7.93. The van der Waals surface area contributed by atoms with E-state index >= 15 is 0 Å². The number of aryl methyl sites for hydroxylation is 1. The standard InChI is InChI=1S/C21H24N4O5/c1-13-7-3-4-9-15(13)18-22-16(30-24-18)12-29-17(26)11-25-19(27)21(23-20(25)28)10-6-5-8-14(21)2/h3-4,7,9,14H,5-6,8,10-12H2,1-2H3,(H,23,28)/t14-,21-/m1/s1. The minimum absolute atomic E-state index is 0.0296. The molecular weight excluding hydrogens is 388 g/mol. The summed E-state index contributed by atoms with van der Waals surface area (Å²) in [6.45, 7) is 3.21. The molecule has 2 atom stereocenters. The van der Waals surface area contributed by atoms with Crippen LogP contribution in [-0.2, 0) is 20.9 Å². The average molecular weight is 412 g/mol. The second-order valence-electron chi connectivity index (χ2n) is 7.93. The smallest absolute Gasteiger partial charge is 0.326 e. The van der Waals surface area contributed by atoms with Crippen LogP contribution in [0.3, 0.4) is 0 Å². The van der Waals surface area contributed by atoms with Crippen LogP contribution in [0, 0.1) is 12.8 Å². The van der Waals surface area contributed by atoms with E-state index in [-0.39, 0.29) is 24.3 Å². The second kappa shape index (κ2) is 7.89. The third-order valence-corrected chi connectivity index (χ3v) is 6.00. The highest BCUT2D eigenvalue weighted by atomic mass is 16.6. The first-order valence-corrected chi connectivity index (χ1v) is 10.1. The number of carbonyl (C=O) groups is 3. The molecule has 0 bridgehead atoms. The number of nitrogens with zero attached hydrogens (tertiary/aromatic N) is 3. The highest BCUT2D eigenvalue weighted by Gasteiger charge is 2.55. The van der Waals surface area contributed by atoms with Crippen LogP contribution in [0.5, 0.6) is 0 Å². The molecule has 158 valence electrons. The van der Waals surface area contributed by atoms with Gasteiger partial charge in [0.2, 0.25) is 5.82 Å². The number of esters is 1. The van der Waals surface area contributed by atoms with E-state index in [1.54, 1.807) is 0 Å². The van der Waals surface area contributed by atoms with Gasteiger partial charge in [-0.15, -0.1) is 0 Å². The molecule has 9 nitrogen and oxygen atoms in total. The molecule has 0 radical (unpaired) electrons. The van der Waals surface area contributed by atoms with Crippen LogP contribution in [0.15, 0.2) is 28.8 Å². The largest absolute Gasteiger partial charge is 0.454 e. The molecule has 2 aromatic rings. The predicted octanol–water partition coefficient (Wildman–Crippen LogP) is 2.59. The first kappa shape index (κ1) is 20.1. The molecule has 1 saturated carbocycles. The summed E-state index contributed by atoms with van der Waals surface area (Å²) in [5.41, 5.74) is 0.918. The van der Waals surface area contributed by atoms with Crippen molar-refractivity contribution in [3.05, 3.63) is 35.7 Å². The Kier molecular flexibility index (Phi) is 5.27. The molecule has 9 heteroatoms. The normalized spacial score (nSPS) is 23.7. The lowest BCUT2D eigenvalue weighted by Crippen LogP contribution is -2.54. The van der Waals surface area contributed by atoms with Crippen LogP contribution < -0.4 is 5.32 Å². The maximum Gasteiger partial charge on any atom is 0.326 e. The lowest BCUT2D eigenvalue weighted by Gasteiger charge is -2.36. The van der Waals surface area contributed by atoms with Crippen molar-refractivity contribution in [1.29, 1.82) is 0 Å². The number of hydrogen-bond acceptors (Lipinski definition) is 7. The molecule has 1 saturated heterocycles. The van der Waals surface area contributed by atoms with E-state index in [2.05, 4.69) is 15.5 Å². The van der Waals surface area contributed by atoms with E-state index < -0.39 is 24.1 Å². The lowest BCUT2D eigenvalue weighted by molar-refractivity contribution is -0.150. The summed E-state index contributed by atoms with van der Waals surface area (Å²) >= 11 is 0. The minimum atomic E-state index is -0.898. The van der Waals surface area contributed by atoms with Crippen molar-refractivity contribution in [2.45, 2.75) is 51.7 Å². The third kappa shape index (κ3) is 3.55. The fraction of sp³-hybridized carbons (Fsp3) is 0.476. The Balaban J connectivity index is 1.36. The van der Waals surface area contributed by atoms with Crippen LogP contribution in [-0.4, -0.2) is 45.0 Å². The maximum absolute atomic E-state index is 12.9. The highest BCUT2D eigenvalue weighted by Crippen LogP contribution is 2.38. The maximum atomic E-state index is 12.9. The van der Waals surface area contributed by atoms with Gasteiger partial charge in [0.15, 0.2) is 6.61 Å². The molecular formula is C21H24N4O5. The van der Waals surface area contributed by atoms with Crippen LogP contribution in [0.25, 0.3) is 11.4 Å². The number of aromatic nitrogens is 2. The van der Waals surface area contributed by atoms with Gasteiger partial charge >= 0.3 is 12.0 Å². The Morgan fingerprint density at radius 2 is 2.13 bits per heavy atom. The number of hydrogen-bond donors (Lipinski definition) is 1. The predicted molar refractivity (Wildman–Crippen MR) is 105 cm³/mol. The zero-order valence-corrected chi connectivity index (χ0v) is 17.0. The van der Waals surface area contributed by atoms with Crippen LogP contribution in [0.4, 0.5) is 4.79 Å². The Morgan fingerprint density at radius 3 is 2.90 bits per heavy atom. The monoisotopic (exact) mass is 412 g/mol. The number of imide groups is 1. The summed E-state index contributed by atoms with van der Waals surface area (Å²) in [5.74, 6) is -0.495. The van der Waals surface area contributed by atoms with Crippen LogP contribution >= 0.6 is 0 Å². The van der Waals surface area contributed by atoms with Crippen molar-refractivity contribution in [2.75, 3.05) is 6.54 Å². The van der Waals surface area contributed by atoms with E-state index in [0.717, 1.165) is 35.3 Å². The van der Waals surface area contributed by atoms with Crippen molar-refractivity contribution in [1.82, 2.24) is 20.4 Å². The SMILES string of the molecule is Cc1ccccc1-c1noc(COC(=O)CN2C(=O)N[C@@]3(CCCC[C@H]3C)C2=O)n1. The van der Waals surface area contributed by atoms with Gasteiger partial charge < -0.3 is 14.6 Å². The fourth-order valence-electron chi connectivity index (χ4n) is 4.20. The van der Waals surface area contributed by atoms with Crippen LogP contribution in [0.2, 0.25) is 0 Å². The van der Waals surface area contributed by atoms with Gasteiger partial charge in [-0.3, -0.25) is 14.5 Å². The van der Waals surface area contributed by atoms with E-state index in [1.165, 1.54) is 0 Å². The molecule has 2 aliphatic rings. The van der Waals surface area contributed by atoms with Crippen LogP contribution in [0.1, 0.15) is 44.1 Å². The zero-order chi connectivity index (χ0) is 21.3. The van der Waals surface area contributed by atoms with Gasteiger partial charge in [0.25, 0.3) is 11.8 Å². The molecule has 30 heavy (non-hydrogen) atoms. The molecule has 1 spiro atoms. The molecule has 1 N–H and O–H groups in total. The van der Waals surface area contributed by atoms with Gasteiger partial charge in [-0.2, -0.15) is 4.98 Å². The number of rotatable bonds is 5. The van der Waals surface area contributed by atoms with Gasteiger partial charge in [0.05, 0.1) is 0 Å². The van der Waals surface area contributed by atoms with E-state index in [0.29, 0.717) is 12.2 Å². The average Bonchev–Trinajstić information content (AvgIpc) is 3.28. The molecule has 0 unspecified atom stereocenters. The van der Waals surface area contributed by atoms with Crippen molar-refractivity contribution in [3.8, 4) is 11.4 Å². The number of amides is 3. The number of ether oxygens (including phenoxy) is 1. The minimum Gasteiger partial charge on any atom is -0.454 e. The topological polar surface area (TPSA) is 115 Å². The summed E-state index contributed by atoms with van der Waals surface area (Å²) < 4.78 is 10.3. The zero-order valence-electron chi connectivity index (χ0n) is 17.0. The van der Waals surface area contributed by atoms with Crippen molar-refractivity contribution in [3.63, 3.8) is 0 Å². The Bertz CT molecular complexity index is 987. The summed E-state index contributed by atoms with van der Waals surface area (Å²) in [7, 11) is 0. The summed E-state index contributed by atoms with van der Waals surface area (Å²) in [6, 6.07) is 7.04. The highest BCUT2D eigenvalue weighted by molar-refractivity contribution is 6.08. The van der Waals surface area contributed by atoms with Crippen molar-refractivity contribution < 1.29 is 23.6 Å². The van der Waals surface area contributed by atoms with E-state index in [9.17, 15) is 14.4 Å². The van der Waals surface area contributed by atoms with Gasteiger partial charge in [0, 0.05) is 5.56 Å². The van der Waals surface area contributed by atoms with Crippen molar-refractivity contribution in [2.24, 2.45) is 5.92 Å². The number of carbonyl (C=O) groups excluding carboxylic acids is 3. The Hall–Kier alpha value is -3.23. The van der Waals surface area contributed by atoms with Gasteiger partial charge in [-0.1, -0.05) is 49.2 Å². The summed E-state index contributed by atoms with van der Waals surface area (Å²) in [5, 5.41) is 6.73. The Labute approximate surface area is 173 Å². The fourth-order valence-corrected chi connectivity index (χ4v) is 4.20.